The van der Waals surface area contributed by atoms with Crippen LogP contribution in [0.4, 0.5) is 0 Å². The highest BCUT2D eigenvalue weighted by molar-refractivity contribution is 7.47. The second-order valence-electron chi connectivity index (χ2n) is 26.0. The van der Waals surface area contributed by atoms with E-state index in [9.17, 15) is 43.2 Å². The van der Waals surface area contributed by atoms with Gasteiger partial charge in [-0.25, -0.2) is 9.13 Å². The first-order valence-corrected chi connectivity index (χ1v) is 40.8. The van der Waals surface area contributed by atoms with E-state index in [1.807, 2.05) is 0 Å². The fourth-order valence-corrected chi connectivity index (χ4v) is 12.6. The monoisotopic (exact) mass is 1340 g/mol. The molecule has 19 heteroatoms. The van der Waals surface area contributed by atoms with Crippen LogP contribution in [0, 0.1) is 0 Å². The van der Waals surface area contributed by atoms with Gasteiger partial charge in [0, 0.05) is 25.7 Å². The van der Waals surface area contributed by atoms with Crippen molar-refractivity contribution in [1.29, 1.82) is 0 Å². The number of ether oxygens (including phenoxy) is 4. The maximum atomic E-state index is 13.0. The largest absolute Gasteiger partial charge is 0.472 e. The quantitative estimate of drug-likeness (QED) is 0.0222. The molecule has 0 aromatic heterocycles. The minimum absolute atomic E-state index is 0.107. The standard InChI is InChI=1S/C72H140O17P2/c1-5-9-13-17-21-25-28-30-32-33-34-35-37-40-43-47-51-55-59-72(77)89-68(63-83-70(75)57-53-49-45-41-39-36-31-29-26-22-18-14-10-6-2)65-87-91(80,81)85-61-66(73)60-84-90(78,79)86-64-67(62-82-69(74)56-52-48-44-24-20-16-12-8-4)88-71(76)58-54-50-46-42-38-27-23-19-15-11-7-3/h66-68,73H,5-65H2,1-4H3,(H,78,79)(H,80,81)/t66-,67+,68+/m0/s1. The smallest absolute Gasteiger partial charge is 0.462 e. The average molecular weight is 1340 g/mol. The Morgan fingerprint density at radius 3 is 0.648 bits per heavy atom. The van der Waals surface area contributed by atoms with Crippen molar-refractivity contribution >= 4 is 39.5 Å². The molecular weight excluding hydrogens is 1200 g/mol. The molecule has 0 rings (SSSR count). The van der Waals surface area contributed by atoms with E-state index in [1.54, 1.807) is 0 Å². The number of carbonyl (C=O) groups is 4. The molecular formula is C72H140O17P2. The number of carbonyl (C=O) groups excluding carboxylic acids is 4. The Labute approximate surface area is 556 Å². The van der Waals surface area contributed by atoms with E-state index in [-0.39, 0.29) is 25.7 Å². The Balaban J connectivity index is 5.20. The van der Waals surface area contributed by atoms with Crippen molar-refractivity contribution in [3.05, 3.63) is 0 Å². The molecule has 0 aromatic rings. The van der Waals surface area contributed by atoms with Crippen LogP contribution in [0.1, 0.15) is 381 Å². The summed E-state index contributed by atoms with van der Waals surface area (Å²) in [6.07, 6.45) is 55.5. The van der Waals surface area contributed by atoms with E-state index in [1.165, 1.54) is 205 Å². The number of aliphatic hydroxyl groups is 1. The van der Waals surface area contributed by atoms with E-state index in [2.05, 4.69) is 27.7 Å². The number of rotatable bonds is 73. The molecule has 0 fully saturated rings. The minimum atomic E-state index is -4.95. The Bertz CT molecular complexity index is 1740. The van der Waals surface area contributed by atoms with E-state index in [4.69, 9.17) is 37.0 Å². The molecule has 0 saturated heterocycles. The summed E-state index contributed by atoms with van der Waals surface area (Å²) in [6.45, 7) is 4.94. The van der Waals surface area contributed by atoms with Gasteiger partial charge >= 0.3 is 39.5 Å². The fraction of sp³-hybridized carbons (Fsp3) is 0.944. The second-order valence-corrected chi connectivity index (χ2v) is 28.9. The third kappa shape index (κ3) is 66.5. The summed E-state index contributed by atoms with van der Waals surface area (Å²) in [6, 6.07) is 0. The molecule has 0 aliphatic rings. The SMILES string of the molecule is CCCCCCCCCCCCCCCCCCCCC(=O)O[C@H](COC(=O)CCCCCCCCCCCCCCCC)COP(=O)(O)OC[C@@H](O)COP(=O)(O)OC[C@@H](COC(=O)CCCCCCCCCC)OC(=O)CCCCCCCCCCCCC. The highest BCUT2D eigenvalue weighted by atomic mass is 31.2. The van der Waals surface area contributed by atoms with E-state index >= 15 is 0 Å². The number of phosphoric ester groups is 2. The number of aliphatic hydroxyl groups excluding tert-OH is 1. The van der Waals surface area contributed by atoms with Crippen LogP contribution < -0.4 is 0 Å². The summed E-state index contributed by atoms with van der Waals surface area (Å²) in [5.74, 6) is -2.12. The predicted molar refractivity (Wildman–Crippen MR) is 368 cm³/mol. The van der Waals surface area contributed by atoms with Crippen molar-refractivity contribution in [1.82, 2.24) is 0 Å². The van der Waals surface area contributed by atoms with Gasteiger partial charge in [-0.1, -0.05) is 329 Å². The normalized spacial score (nSPS) is 14.0. The molecule has 0 amide bonds. The van der Waals surface area contributed by atoms with Crippen molar-refractivity contribution < 1.29 is 80.2 Å². The molecule has 0 aliphatic carbocycles. The Hall–Kier alpha value is -1.94. The molecule has 0 radical (unpaired) electrons. The lowest BCUT2D eigenvalue weighted by Gasteiger charge is -2.21. The van der Waals surface area contributed by atoms with E-state index in [0.29, 0.717) is 25.7 Å². The van der Waals surface area contributed by atoms with Gasteiger partial charge in [0.25, 0.3) is 0 Å². The zero-order chi connectivity index (χ0) is 66.8. The highest BCUT2D eigenvalue weighted by Crippen LogP contribution is 2.45. The summed E-state index contributed by atoms with van der Waals surface area (Å²) in [4.78, 5) is 72.5. The van der Waals surface area contributed by atoms with E-state index < -0.39 is 97.5 Å². The van der Waals surface area contributed by atoms with E-state index in [0.717, 1.165) is 96.3 Å². The summed E-state index contributed by atoms with van der Waals surface area (Å²) >= 11 is 0. The van der Waals surface area contributed by atoms with Crippen LogP contribution in [0.25, 0.3) is 0 Å². The molecule has 0 saturated carbocycles. The molecule has 5 atom stereocenters. The number of unbranched alkanes of at least 4 members (excludes halogenated alkanes) is 47. The average Bonchev–Trinajstić information content (AvgIpc) is 3.61. The van der Waals surface area contributed by atoms with Crippen molar-refractivity contribution in [2.75, 3.05) is 39.6 Å². The zero-order valence-corrected chi connectivity index (χ0v) is 60.6. The van der Waals surface area contributed by atoms with Crippen LogP contribution in [-0.2, 0) is 65.4 Å². The number of phosphoric acid groups is 2. The van der Waals surface area contributed by atoms with Gasteiger partial charge in [-0.05, 0) is 25.7 Å². The van der Waals surface area contributed by atoms with Crippen LogP contribution in [-0.4, -0.2) is 96.7 Å². The fourth-order valence-electron chi connectivity index (χ4n) is 11.0. The summed E-state index contributed by atoms with van der Waals surface area (Å²) in [5.41, 5.74) is 0. The molecule has 17 nitrogen and oxygen atoms in total. The molecule has 0 aromatic carbocycles. The van der Waals surface area contributed by atoms with Gasteiger partial charge < -0.3 is 33.8 Å². The first kappa shape index (κ1) is 89.1. The first-order chi connectivity index (χ1) is 44.2. The molecule has 540 valence electrons. The summed E-state index contributed by atoms with van der Waals surface area (Å²) < 4.78 is 68.3. The molecule has 0 aliphatic heterocycles. The van der Waals surface area contributed by atoms with Crippen LogP contribution in [0.5, 0.6) is 0 Å². The Morgan fingerprint density at radius 2 is 0.440 bits per heavy atom. The van der Waals surface area contributed by atoms with Crippen molar-refractivity contribution in [3.8, 4) is 0 Å². The summed E-state index contributed by atoms with van der Waals surface area (Å²) in [5, 5.41) is 10.6. The maximum Gasteiger partial charge on any atom is 0.472 e. The lowest BCUT2D eigenvalue weighted by Crippen LogP contribution is -2.30. The lowest BCUT2D eigenvalue weighted by molar-refractivity contribution is -0.161. The predicted octanol–water partition coefficient (Wildman–Crippen LogP) is 21.1. The van der Waals surface area contributed by atoms with Crippen molar-refractivity contribution in [3.63, 3.8) is 0 Å². The Morgan fingerprint density at radius 1 is 0.264 bits per heavy atom. The molecule has 0 heterocycles. The van der Waals surface area contributed by atoms with Gasteiger partial charge in [-0.2, -0.15) is 0 Å². The molecule has 0 spiro atoms. The van der Waals surface area contributed by atoms with Gasteiger partial charge in [0.15, 0.2) is 12.2 Å². The molecule has 3 N–H and O–H groups in total. The third-order valence-corrected chi connectivity index (χ3v) is 18.8. The van der Waals surface area contributed by atoms with Gasteiger partial charge in [0.05, 0.1) is 26.4 Å². The third-order valence-electron chi connectivity index (χ3n) is 16.9. The number of esters is 4. The van der Waals surface area contributed by atoms with Crippen molar-refractivity contribution in [2.24, 2.45) is 0 Å². The van der Waals surface area contributed by atoms with Gasteiger partial charge in [-0.15, -0.1) is 0 Å². The number of hydrogen-bond donors (Lipinski definition) is 3. The van der Waals surface area contributed by atoms with Crippen LogP contribution in [0.2, 0.25) is 0 Å². The van der Waals surface area contributed by atoms with Gasteiger partial charge in [-0.3, -0.25) is 37.3 Å². The molecule has 91 heavy (non-hydrogen) atoms. The number of hydrogen-bond acceptors (Lipinski definition) is 15. The minimum Gasteiger partial charge on any atom is -0.462 e. The molecule has 0 bridgehead atoms. The van der Waals surface area contributed by atoms with Crippen LogP contribution >= 0.6 is 15.6 Å². The lowest BCUT2D eigenvalue weighted by atomic mass is 10.0. The first-order valence-electron chi connectivity index (χ1n) is 37.8. The molecule has 2 unspecified atom stereocenters. The topological polar surface area (TPSA) is 237 Å². The second kappa shape index (κ2) is 66.7. The van der Waals surface area contributed by atoms with Gasteiger partial charge in [0.1, 0.15) is 19.3 Å². The maximum absolute atomic E-state index is 13.0. The van der Waals surface area contributed by atoms with Gasteiger partial charge in [0.2, 0.25) is 0 Å². The Kier molecular flexibility index (Phi) is 65.2. The van der Waals surface area contributed by atoms with Crippen LogP contribution in [0.15, 0.2) is 0 Å². The van der Waals surface area contributed by atoms with Crippen molar-refractivity contribution in [2.45, 2.75) is 399 Å². The highest BCUT2D eigenvalue weighted by Gasteiger charge is 2.30. The zero-order valence-electron chi connectivity index (χ0n) is 58.8. The van der Waals surface area contributed by atoms with Crippen LogP contribution in [0.3, 0.4) is 0 Å². The summed E-state index contributed by atoms with van der Waals surface area (Å²) in [7, 11) is -9.90.